The van der Waals surface area contributed by atoms with Crippen LogP contribution in [0.1, 0.15) is 25.0 Å². The minimum atomic E-state index is 0. The fourth-order valence-corrected chi connectivity index (χ4v) is 3.72. The van der Waals surface area contributed by atoms with Crippen molar-refractivity contribution < 1.29 is 4.79 Å². The Kier molecular flexibility index (Phi) is 5.06. The predicted octanol–water partition coefficient (Wildman–Crippen LogP) is 3.20. The van der Waals surface area contributed by atoms with Crippen LogP contribution in [-0.4, -0.2) is 29.0 Å². The van der Waals surface area contributed by atoms with Crippen LogP contribution in [-0.2, 0) is 4.79 Å². The van der Waals surface area contributed by atoms with E-state index in [0.29, 0.717) is 5.82 Å². The Bertz CT molecular complexity index is 756. The molecule has 1 aliphatic heterocycles. The quantitative estimate of drug-likeness (QED) is 0.884. The number of benzene rings is 1. The Morgan fingerprint density at radius 3 is 2.60 bits per heavy atom. The molecule has 132 valence electrons. The van der Waals surface area contributed by atoms with Crippen molar-refractivity contribution in [2.75, 3.05) is 18.4 Å². The number of aromatic nitrogens is 2. The highest BCUT2D eigenvalue weighted by atomic mass is 35.5. The van der Waals surface area contributed by atoms with Gasteiger partial charge in [0.25, 0.3) is 0 Å². The first-order chi connectivity index (χ1) is 11.7. The highest BCUT2D eigenvalue weighted by Crippen LogP contribution is 2.58. The molecule has 2 N–H and O–H groups in total. The summed E-state index contributed by atoms with van der Waals surface area (Å²) in [5.41, 5.74) is 3.01. The van der Waals surface area contributed by atoms with Crippen molar-refractivity contribution in [2.45, 2.75) is 26.2 Å². The van der Waals surface area contributed by atoms with Crippen molar-refractivity contribution in [3.8, 4) is 11.4 Å². The van der Waals surface area contributed by atoms with Crippen molar-refractivity contribution in [3.05, 3.63) is 42.2 Å². The smallest absolute Gasteiger partial charge is 0.228 e. The molecule has 1 aromatic heterocycles. The van der Waals surface area contributed by atoms with Crippen LogP contribution in [0.5, 0.6) is 0 Å². The van der Waals surface area contributed by atoms with Gasteiger partial charge in [0.05, 0.1) is 0 Å². The summed E-state index contributed by atoms with van der Waals surface area (Å²) in [5, 5.41) is 6.44. The normalized spacial score (nSPS) is 20.6. The number of halogens is 1. The fraction of sp³-hybridized carbons (Fsp3) is 0.421. The molecule has 4 rings (SSSR count). The van der Waals surface area contributed by atoms with Crippen molar-refractivity contribution >= 4 is 24.0 Å². The lowest BCUT2D eigenvalue weighted by Crippen LogP contribution is -2.31. The number of nitrogens with one attached hydrogen (secondary N) is 2. The van der Waals surface area contributed by atoms with E-state index in [0.717, 1.165) is 49.3 Å². The average Bonchev–Trinajstić information content (AvgIpc) is 3.29. The lowest BCUT2D eigenvalue weighted by Gasteiger charge is -2.23. The van der Waals surface area contributed by atoms with Crippen molar-refractivity contribution in [2.24, 2.45) is 11.3 Å². The van der Waals surface area contributed by atoms with Crippen LogP contribution in [0.4, 0.5) is 5.69 Å². The molecule has 1 atom stereocenters. The number of aryl methyl sites for hydroxylation is 1. The Morgan fingerprint density at radius 2 is 1.92 bits per heavy atom. The van der Waals surface area contributed by atoms with E-state index in [2.05, 4.69) is 20.6 Å². The molecule has 1 saturated heterocycles. The van der Waals surface area contributed by atoms with Gasteiger partial charge in [0.1, 0.15) is 0 Å². The van der Waals surface area contributed by atoms with E-state index in [-0.39, 0.29) is 29.6 Å². The second kappa shape index (κ2) is 7.10. The third-order valence-electron chi connectivity index (χ3n) is 5.31. The molecule has 2 aromatic rings. The third kappa shape index (κ3) is 3.67. The molecule has 6 heteroatoms. The molecular formula is C19H23ClN4O. The van der Waals surface area contributed by atoms with E-state index in [1.807, 2.05) is 37.3 Å². The van der Waals surface area contributed by atoms with Crippen molar-refractivity contribution in [1.82, 2.24) is 15.3 Å². The van der Waals surface area contributed by atoms with E-state index in [1.165, 1.54) is 0 Å². The van der Waals surface area contributed by atoms with Gasteiger partial charge in [-0.05, 0) is 75.0 Å². The molecule has 1 spiro atoms. The Morgan fingerprint density at radius 1 is 1.20 bits per heavy atom. The lowest BCUT2D eigenvalue weighted by atomic mass is 9.92. The zero-order chi connectivity index (χ0) is 16.6. The highest BCUT2D eigenvalue weighted by molar-refractivity contribution is 5.95. The summed E-state index contributed by atoms with van der Waals surface area (Å²) in [7, 11) is 0. The van der Waals surface area contributed by atoms with Crippen LogP contribution in [0.2, 0.25) is 0 Å². The highest BCUT2D eigenvalue weighted by Gasteiger charge is 2.57. The van der Waals surface area contributed by atoms with Gasteiger partial charge in [-0.25, -0.2) is 9.97 Å². The van der Waals surface area contributed by atoms with Gasteiger partial charge in [0, 0.05) is 29.1 Å². The van der Waals surface area contributed by atoms with E-state index in [4.69, 9.17) is 0 Å². The van der Waals surface area contributed by atoms with Crippen LogP contribution in [0.15, 0.2) is 36.5 Å². The zero-order valence-corrected chi connectivity index (χ0v) is 15.1. The summed E-state index contributed by atoms with van der Waals surface area (Å²) in [6.45, 7) is 4.02. The Labute approximate surface area is 154 Å². The van der Waals surface area contributed by atoms with Gasteiger partial charge in [-0.1, -0.05) is 0 Å². The van der Waals surface area contributed by atoms with Gasteiger partial charge in [-0.3, -0.25) is 4.79 Å². The van der Waals surface area contributed by atoms with Crippen LogP contribution >= 0.6 is 12.4 Å². The molecule has 2 heterocycles. The molecule has 5 nitrogen and oxygen atoms in total. The Balaban J connectivity index is 0.00000182. The number of carbonyl (C=O) groups is 1. The number of carbonyl (C=O) groups excluding carboxylic acids is 1. The molecule has 1 unspecified atom stereocenters. The van der Waals surface area contributed by atoms with Crippen molar-refractivity contribution in [3.63, 3.8) is 0 Å². The van der Waals surface area contributed by atoms with Gasteiger partial charge in [0.2, 0.25) is 5.91 Å². The standard InChI is InChI=1S/C19H22N4O.ClH/c1-13-6-9-21-17(22-13)14-2-4-15(5-3-14)23-18(24)16-12-19(16)7-10-20-11-8-19;/h2-6,9,16,20H,7-8,10-12H2,1H3,(H,23,24);1H. The summed E-state index contributed by atoms with van der Waals surface area (Å²) in [5.74, 6) is 1.06. The number of hydrogen-bond donors (Lipinski definition) is 2. The molecular weight excluding hydrogens is 336 g/mol. The van der Waals surface area contributed by atoms with E-state index in [9.17, 15) is 4.79 Å². The summed E-state index contributed by atoms with van der Waals surface area (Å²) in [4.78, 5) is 21.2. The van der Waals surface area contributed by atoms with Crippen LogP contribution in [0.25, 0.3) is 11.4 Å². The predicted molar refractivity (Wildman–Crippen MR) is 101 cm³/mol. The molecule has 0 bridgehead atoms. The minimum Gasteiger partial charge on any atom is -0.326 e. The number of rotatable bonds is 3. The van der Waals surface area contributed by atoms with Gasteiger partial charge in [-0.15, -0.1) is 12.4 Å². The molecule has 0 radical (unpaired) electrons. The second-order valence-electron chi connectivity index (χ2n) is 6.96. The Hall–Kier alpha value is -1.98. The fourth-order valence-electron chi connectivity index (χ4n) is 3.72. The zero-order valence-electron chi connectivity index (χ0n) is 14.3. The summed E-state index contributed by atoms with van der Waals surface area (Å²) < 4.78 is 0. The number of anilines is 1. The maximum atomic E-state index is 12.5. The first-order valence-electron chi connectivity index (χ1n) is 8.58. The van der Waals surface area contributed by atoms with Crippen molar-refractivity contribution in [1.29, 1.82) is 0 Å². The molecule has 25 heavy (non-hydrogen) atoms. The first kappa shape index (κ1) is 17.8. The van der Waals surface area contributed by atoms with Gasteiger partial charge in [-0.2, -0.15) is 0 Å². The second-order valence-corrected chi connectivity index (χ2v) is 6.96. The SMILES string of the molecule is Cc1ccnc(-c2ccc(NC(=O)C3CC34CCNCC4)cc2)n1.Cl. The maximum Gasteiger partial charge on any atom is 0.228 e. The van der Waals surface area contributed by atoms with E-state index in [1.54, 1.807) is 6.20 Å². The molecule has 2 aliphatic rings. The first-order valence-corrected chi connectivity index (χ1v) is 8.58. The molecule has 1 aromatic carbocycles. The number of amides is 1. The van der Waals surface area contributed by atoms with Crippen LogP contribution < -0.4 is 10.6 Å². The van der Waals surface area contributed by atoms with E-state index >= 15 is 0 Å². The van der Waals surface area contributed by atoms with Crippen LogP contribution in [0.3, 0.4) is 0 Å². The lowest BCUT2D eigenvalue weighted by molar-refractivity contribution is -0.118. The molecule has 1 aliphatic carbocycles. The van der Waals surface area contributed by atoms with Gasteiger partial charge >= 0.3 is 0 Å². The molecule has 2 fully saturated rings. The molecule has 1 amide bonds. The third-order valence-corrected chi connectivity index (χ3v) is 5.31. The van der Waals surface area contributed by atoms with Gasteiger partial charge < -0.3 is 10.6 Å². The van der Waals surface area contributed by atoms with Gasteiger partial charge in [0.15, 0.2) is 5.82 Å². The maximum absolute atomic E-state index is 12.5. The van der Waals surface area contributed by atoms with Crippen LogP contribution in [0, 0.1) is 18.3 Å². The summed E-state index contributed by atoms with van der Waals surface area (Å²) in [6, 6.07) is 9.65. The number of piperidine rings is 1. The largest absolute Gasteiger partial charge is 0.326 e. The average molecular weight is 359 g/mol. The minimum absolute atomic E-state index is 0. The van der Waals surface area contributed by atoms with E-state index < -0.39 is 0 Å². The number of nitrogens with zero attached hydrogens (tertiary/aromatic N) is 2. The summed E-state index contributed by atoms with van der Waals surface area (Å²) in [6.07, 6.45) is 5.04. The number of hydrogen-bond acceptors (Lipinski definition) is 4. The molecule has 1 saturated carbocycles. The summed E-state index contributed by atoms with van der Waals surface area (Å²) >= 11 is 0. The monoisotopic (exact) mass is 358 g/mol. The topological polar surface area (TPSA) is 66.9 Å².